The summed E-state index contributed by atoms with van der Waals surface area (Å²) in [5.41, 5.74) is 0.337. The van der Waals surface area contributed by atoms with Crippen molar-refractivity contribution in [2.24, 2.45) is 0 Å². The number of aromatic nitrogens is 2. The highest BCUT2D eigenvalue weighted by Gasteiger charge is 2.22. The molecule has 126 valence electrons. The first-order valence-corrected chi connectivity index (χ1v) is 9.20. The number of halogens is 1. The molecule has 1 aliphatic rings. The van der Waals surface area contributed by atoms with Crippen molar-refractivity contribution in [1.29, 1.82) is 5.26 Å². The van der Waals surface area contributed by atoms with Gasteiger partial charge in [-0.2, -0.15) is 10.4 Å². The number of nitrogens with zero attached hydrogens (tertiary/aromatic N) is 3. The van der Waals surface area contributed by atoms with Crippen LogP contribution in [0.25, 0.3) is 0 Å². The molecule has 1 aliphatic heterocycles. The first-order valence-electron chi connectivity index (χ1n) is 7.34. The quantitative estimate of drug-likeness (QED) is 0.896. The zero-order valence-electron chi connectivity index (χ0n) is 12.6. The van der Waals surface area contributed by atoms with Gasteiger partial charge in [-0.1, -0.05) is 11.6 Å². The SMILES string of the molecule is N#Cc1ccc(Cl)cc1NS(=O)(=O)c1cnn(C2CCOCC2)c1. The minimum Gasteiger partial charge on any atom is -0.381 e. The highest BCUT2D eigenvalue weighted by Crippen LogP contribution is 2.25. The van der Waals surface area contributed by atoms with Crippen molar-refractivity contribution in [3.8, 4) is 6.07 Å². The fourth-order valence-electron chi connectivity index (χ4n) is 2.51. The van der Waals surface area contributed by atoms with Gasteiger partial charge in [-0.05, 0) is 31.0 Å². The Kier molecular flexibility index (Phi) is 4.76. The molecule has 7 nitrogen and oxygen atoms in total. The van der Waals surface area contributed by atoms with E-state index < -0.39 is 10.0 Å². The predicted molar refractivity (Wildman–Crippen MR) is 88.3 cm³/mol. The van der Waals surface area contributed by atoms with E-state index in [1.54, 1.807) is 4.68 Å². The summed E-state index contributed by atoms with van der Waals surface area (Å²) in [5.74, 6) is 0. The molecule has 1 N–H and O–H groups in total. The van der Waals surface area contributed by atoms with Crippen LogP contribution in [0.15, 0.2) is 35.5 Å². The van der Waals surface area contributed by atoms with Crippen molar-refractivity contribution in [1.82, 2.24) is 9.78 Å². The Morgan fingerprint density at radius 2 is 2.12 bits per heavy atom. The molecule has 0 amide bonds. The second-order valence-corrected chi connectivity index (χ2v) is 7.53. The van der Waals surface area contributed by atoms with E-state index in [2.05, 4.69) is 9.82 Å². The first kappa shape index (κ1) is 16.8. The summed E-state index contributed by atoms with van der Waals surface area (Å²) in [7, 11) is -3.85. The molecule has 0 radical (unpaired) electrons. The van der Waals surface area contributed by atoms with Crippen LogP contribution in [0, 0.1) is 11.3 Å². The van der Waals surface area contributed by atoms with Gasteiger partial charge in [0.05, 0.1) is 23.5 Å². The monoisotopic (exact) mass is 366 g/mol. The Labute approximate surface area is 144 Å². The lowest BCUT2D eigenvalue weighted by Crippen LogP contribution is -2.20. The van der Waals surface area contributed by atoms with Gasteiger partial charge < -0.3 is 4.74 Å². The number of anilines is 1. The number of hydrogen-bond donors (Lipinski definition) is 1. The van der Waals surface area contributed by atoms with Crippen LogP contribution in [0.4, 0.5) is 5.69 Å². The van der Waals surface area contributed by atoms with Crippen LogP contribution in [-0.4, -0.2) is 31.4 Å². The lowest BCUT2D eigenvalue weighted by atomic mass is 10.1. The number of benzene rings is 1. The zero-order valence-corrected chi connectivity index (χ0v) is 14.2. The standard InChI is InChI=1S/C15H15ClN4O3S/c16-12-2-1-11(8-17)15(7-12)19-24(21,22)14-9-18-20(10-14)13-3-5-23-6-4-13/h1-2,7,9-10,13,19H,3-6H2. The summed E-state index contributed by atoms with van der Waals surface area (Å²) in [4.78, 5) is 0.0397. The molecule has 2 aromatic rings. The molecule has 1 aromatic heterocycles. The summed E-state index contributed by atoms with van der Waals surface area (Å²) in [6.45, 7) is 1.28. The molecule has 1 saturated heterocycles. The molecule has 0 aliphatic carbocycles. The van der Waals surface area contributed by atoms with Crippen LogP contribution < -0.4 is 4.72 Å². The van der Waals surface area contributed by atoms with Gasteiger partial charge >= 0.3 is 0 Å². The van der Waals surface area contributed by atoms with E-state index in [1.807, 2.05) is 6.07 Å². The van der Waals surface area contributed by atoms with E-state index >= 15 is 0 Å². The van der Waals surface area contributed by atoms with Crippen molar-refractivity contribution < 1.29 is 13.2 Å². The van der Waals surface area contributed by atoms with Crippen molar-refractivity contribution in [3.63, 3.8) is 0 Å². The Bertz CT molecular complexity index is 882. The highest BCUT2D eigenvalue weighted by molar-refractivity contribution is 7.92. The van der Waals surface area contributed by atoms with Crippen LogP contribution in [0.1, 0.15) is 24.4 Å². The lowest BCUT2D eigenvalue weighted by molar-refractivity contribution is 0.0662. The second-order valence-electron chi connectivity index (χ2n) is 5.41. The fraction of sp³-hybridized carbons (Fsp3) is 0.333. The molecule has 1 fully saturated rings. The van der Waals surface area contributed by atoms with E-state index in [0.717, 1.165) is 12.8 Å². The van der Waals surface area contributed by atoms with E-state index in [4.69, 9.17) is 21.6 Å². The van der Waals surface area contributed by atoms with E-state index in [0.29, 0.717) is 18.2 Å². The summed E-state index contributed by atoms with van der Waals surface area (Å²) in [6, 6.07) is 6.46. The fourth-order valence-corrected chi connectivity index (χ4v) is 3.69. The second kappa shape index (κ2) is 6.81. The molecular formula is C15H15ClN4O3S. The summed E-state index contributed by atoms with van der Waals surface area (Å²) in [6.07, 6.45) is 4.38. The summed E-state index contributed by atoms with van der Waals surface area (Å²) >= 11 is 5.88. The number of nitriles is 1. The van der Waals surface area contributed by atoms with E-state index in [-0.39, 0.29) is 22.2 Å². The Balaban J connectivity index is 1.85. The van der Waals surface area contributed by atoms with Gasteiger partial charge in [-0.15, -0.1) is 0 Å². The third kappa shape index (κ3) is 3.53. The molecule has 1 aromatic carbocycles. The largest absolute Gasteiger partial charge is 0.381 e. The van der Waals surface area contributed by atoms with Crippen LogP contribution in [-0.2, 0) is 14.8 Å². The topological polar surface area (TPSA) is 97.0 Å². The van der Waals surface area contributed by atoms with Gasteiger partial charge in [0.25, 0.3) is 10.0 Å². The number of rotatable bonds is 4. The van der Waals surface area contributed by atoms with Gasteiger partial charge in [0.1, 0.15) is 11.0 Å². The zero-order chi connectivity index (χ0) is 17.2. The van der Waals surface area contributed by atoms with Crippen LogP contribution in [0.2, 0.25) is 5.02 Å². The van der Waals surface area contributed by atoms with E-state index in [9.17, 15) is 8.42 Å². The van der Waals surface area contributed by atoms with Gasteiger partial charge in [-0.25, -0.2) is 8.42 Å². The van der Waals surface area contributed by atoms with Crippen molar-refractivity contribution >= 4 is 27.3 Å². The van der Waals surface area contributed by atoms with Crippen LogP contribution in [0.5, 0.6) is 0 Å². The minimum atomic E-state index is -3.85. The third-order valence-electron chi connectivity index (χ3n) is 3.80. The molecule has 0 spiro atoms. The molecule has 9 heteroatoms. The molecule has 0 atom stereocenters. The minimum absolute atomic E-state index is 0.0397. The summed E-state index contributed by atoms with van der Waals surface area (Å²) < 4.78 is 34.4. The average molecular weight is 367 g/mol. The van der Waals surface area contributed by atoms with Crippen LogP contribution in [0.3, 0.4) is 0 Å². The maximum atomic E-state index is 12.5. The molecule has 0 saturated carbocycles. The Morgan fingerprint density at radius 1 is 1.38 bits per heavy atom. The van der Waals surface area contributed by atoms with Crippen molar-refractivity contribution in [3.05, 3.63) is 41.2 Å². The lowest BCUT2D eigenvalue weighted by Gasteiger charge is -2.22. The van der Waals surface area contributed by atoms with E-state index in [1.165, 1.54) is 30.6 Å². The highest BCUT2D eigenvalue weighted by atomic mass is 35.5. The maximum absolute atomic E-state index is 12.5. The first-order chi connectivity index (χ1) is 11.5. The van der Waals surface area contributed by atoms with Gasteiger partial charge in [-0.3, -0.25) is 9.40 Å². The number of hydrogen-bond acceptors (Lipinski definition) is 5. The number of ether oxygens (including phenoxy) is 1. The summed E-state index contributed by atoms with van der Waals surface area (Å²) in [5, 5.41) is 13.6. The smallest absolute Gasteiger partial charge is 0.265 e. The molecular weight excluding hydrogens is 352 g/mol. The average Bonchev–Trinajstić information content (AvgIpc) is 3.06. The van der Waals surface area contributed by atoms with Gasteiger partial charge in [0, 0.05) is 24.4 Å². The maximum Gasteiger partial charge on any atom is 0.265 e. The predicted octanol–water partition coefficient (Wildman–Crippen LogP) is 2.56. The van der Waals surface area contributed by atoms with Gasteiger partial charge in [0.15, 0.2) is 0 Å². The van der Waals surface area contributed by atoms with Crippen LogP contribution >= 0.6 is 11.6 Å². The molecule has 0 unspecified atom stereocenters. The third-order valence-corrected chi connectivity index (χ3v) is 5.35. The van der Waals surface area contributed by atoms with Gasteiger partial charge in [0.2, 0.25) is 0 Å². The van der Waals surface area contributed by atoms with Crippen molar-refractivity contribution in [2.75, 3.05) is 17.9 Å². The molecule has 0 bridgehead atoms. The number of nitrogens with one attached hydrogen (secondary N) is 1. The molecule has 2 heterocycles. The molecule has 3 rings (SSSR count). The molecule has 24 heavy (non-hydrogen) atoms. The number of sulfonamides is 1. The Morgan fingerprint density at radius 3 is 2.83 bits per heavy atom. The normalized spacial score (nSPS) is 15.8. The Hall–Kier alpha value is -2.08. The van der Waals surface area contributed by atoms with Crippen molar-refractivity contribution in [2.45, 2.75) is 23.8 Å².